The summed E-state index contributed by atoms with van der Waals surface area (Å²) in [4.78, 5) is 2.54. The lowest BCUT2D eigenvalue weighted by Crippen LogP contribution is -2.44. The molecule has 4 nitrogen and oxygen atoms in total. The highest BCUT2D eigenvalue weighted by molar-refractivity contribution is 5.28. The topological polar surface area (TPSA) is 44.0 Å². The number of aromatic nitrogens is 1. The third kappa shape index (κ3) is 3.59. The Balaban J connectivity index is 1.79. The summed E-state index contributed by atoms with van der Waals surface area (Å²) in [5, 5.41) is 12.5. The smallest absolute Gasteiger partial charge is 0.120 e. The lowest BCUT2D eigenvalue weighted by molar-refractivity contribution is 0.161. The van der Waals surface area contributed by atoms with Gasteiger partial charge in [0.15, 0.2) is 0 Å². The summed E-state index contributed by atoms with van der Waals surface area (Å²) in [5.74, 6) is 0. The quantitative estimate of drug-likeness (QED) is 0.898. The maximum absolute atomic E-state index is 8.93. The minimum Gasteiger partial charge on any atom is -0.342 e. The van der Waals surface area contributed by atoms with Crippen LogP contribution in [0.15, 0.2) is 12.3 Å². The molecule has 19 heavy (non-hydrogen) atoms. The van der Waals surface area contributed by atoms with Crippen molar-refractivity contribution in [2.45, 2.75) is 45.3 Å². The molecule has 0 atom stereocenters. The second kappa shape index (κ2) is 6.23. The van der Waals surface area contributed by atoms with Gasteiger partial charge in [-0.15, -0.1) is 0 Å². The molecule has 1 aliphatic heterocycles. The Labute approximate surface area is 116 Å². The first kappa shape index (κ1) is 14.1. The Bertz CT molecular complexity index is 447. The van der Waals surface area contributed by atoms with Crippen LogP contribution in [0.1, 0.15) is 37.9 Å². The van der Waals surface area contributed by atoms with E-state index in [9.17, 15) is 0 Å². The normalized spacial score (nSPS) is 17.8. The number of rotatable bonds is 4. The molecule has 1 N–H and O–H groups in total. The Morgan fingerprint density at radius 3 is 2.63 bits per heavy atom. The fraction of sp³-hybridized carbons (Fsp3) is 0.667. The molecule has 104 valence electrons. The van der Waals surface area contributed by atoms with Gasteiger partial charge in [0.25, 0.3) is 0 Å². The second-order valence-corrected chi connectivity index (χ2v) is 5.74. The van der Waals surface area contributed by atoms with Crippen molar-refractivity contribution in [1.29, 1.82) is 5.26 Å². The van der Waals surface area contributed by atoms with E-state index in [0.29, 0.717) is 12.1 Å². The fourth-order valence-corrected chi connectivity index (χ4v) is 2.72. The van der Waals surface area contributed by atoms with Gasteiger partial charge in [0.1, 0.15) is 11.8 Å². The minimum atomic E-state index is 0.612. The number of piperidine rings is 1. The molecule has 0 radical (unpaired) electrons. The van der Waals surface area contributed by atoms with Crippen LogP contribution in [0, 0.1) is 11.3 Å². The van der Waals surface area contributed by atoms with Crippen LogP contribution in [0.4, 0.5) is 0 Å². The Morgan fingerprint density at radius 1 is 1.42 bits per heavy atom. The van der Waals surface area contributed by atoms with Crippen LogP contribution in [-0.2, 0) is 13.6 Å². The monoisotopic (exact) mass is 260 g/mol. The van der Waals surface area contributed by atoms with Crippen molar-refractivity contribution in [1.82, 2.24) is 14.8 Å². The lowest BCUT2D eigenvalue weighted by Gasteiger charge is -2.35. The van der Waals surface area contributed by atoms with Crippen LogP contribution in [-0.4, -0.2) is 34.6 Å². The van der Waals surface area contributed by atoms with Crippen molar-refractivity contribution >= 4 is 0 Å². The highest BCUT2D eigenvalue weighted by Crippen LogP contribution is 2.14. The van der Waals surface area contributed by atoms with Gasteiger partial charge in [-0.05, 0) is 51.4 Å². The summed E-state index contributed by atoms with van der Waals surface area (Å²) in [6, 6.07) is 5.44. The molecule has 0 saturated carbocycles. The number of nitrogens with one attached hydrogen (secondary N) is 1. The predicted molar refractivity (Wildman–Crippen MR) is 76.7 cm³/mol. The highest BCUT2D eigenvalue weighted by Gasteiger charge is 2.20. The molecule has 1 aliphatic rings. The Morgan fingerprint density at radius 2 is 2.11 bits per heavy atom. The fourth-order valence-electron chi connectivity index (χ4n) is 2.72. The number of hydrogen-bond acceptors (Lipinski definition) is 3. The molecule has 1 saturated heterocycles. The van der Waals surface area contributed by atoms with Crippen molar-refractivity contribution in [2.24, 2.45) is 7.05 Å². The number of likely N-dealkylation sites (tertiary alicyclic amines) is 1. The summed E-state index contributed by atoms with van der Waals surface area (Å²) >= 11 is 0. The third-order valence-electron chi connectivity index (χ3n) is 4.03. The molecule has 4 heteroatoms. The zero-order valence-corrected chi connectivity index (χ0v) is 12.2. The number of nitrogens with zero attached hydrogens (tertiary/aromatic N) is 3. The van der Waals surface area contributed by atoms with Gasteiger partial charge in [0.05, 0.1) is 0 Å². The van der Waals surface area contributed by atoms with E-state index < -0.39 is 0 Å². The average molecular weight is 260 g/mol. The van der Waals surface area contributed by atoms with Crippen molar-refractivity contribution in [3.8, 4) is 6.07 Å². The van der Waals surface area contributed by atoms with E-state index in [0.717, 1.165) is 12.2 Å². The van der Waals surface area contributed by atoms with Crippen molar-refractivity contribution < 1.29 is 0 Å². The lowest BCUT2D eigenvalue weighted by atomic mass is 10.0. The summed E-state index contributed by atoms with van der Waals surface area (Å²) < 4.78 is 1.89. The van der Waals surface area contributed by atoms with Crippen molar-refractivity contribution in [3.05, 3.63) is 23.5 Å². The summed E-state index contributed by atoms with van der Waals surface area (Å²) in [6.07, 6.45) is 4.47. The molecule has 2 rings (SSSR count). The first-order chi connectivity index (χ1) is 9.10. The molecular formula is C15H24N4. The molecule has 1 fully saturated rings. The van der Waals surface area contributed by atoms with E-state index in [4.69, 9.17) is 5.26 Å². The summed E-state index contributed by atoms with van der Waals surface area (Å²) in [6.45, 7) is 7.77. The summed E-state index contributed by atoms with van der Waals surface area (Å²) in [7, 11) is 1.92. The first-order valence-corrected chi connectivity index (χ1v) is 7.13. The van der Waals surface area contributed by atoms with Crippen LogP contribution in [0.3, 0.4) is 0 Å². The van der Waals surface area contributed by atoms with E-state index in [-0.39, 0.29) is 0 Å². The van der Waals surface area contributed by atoms with Crippen LogP contribution < -0.4 is 5.32 Å². The minimum absolute atomic E-state index is 0.612. The first-order valence-electron chi connectivity index (χ1n) is 7.13. The molecule has 0 bridgehead atoms. The molecule has 0 unspecified atom stereocenters. The van der Waals surface area contributed by atoms with Gasteiger partial charge < -0.3 is 14.8 Å². The molecule has 0 aliphatic carbocycles. The van der Waals surface area contributed by atoms with Crippen LogP contribution in [0.2, 0.25) is 0 Å². The predicted octanol–water partition coefficient (Wildman–Crippen LogP) is 1.86. The highest BCUT2D eigenvalue weighted by atomic mass is 15.2. The molecule has 1 aromatic rings. The largest absolute Gasteiger partial charge is 0.342 e. The van der Waals surface area contributed by atoms with Gasteiger partial charge in [-0.25, -0.2) is 0 Å². The van der Waals surface area contributed by atoms with Crippen molar-refractivity contribution in [3.63, 3.8) is 0 Å². The third-order valence-corrected chi connectivity index (χ3v) is 4.03. The molecule has 0 aromatic carbocycles. The maximum Gasteiger partial charge on any atom is 0.120 e. The average Bonchev–Trinajstić information content (AvgIpc) is 2.77. The van der Waals surface area contributed by atoms with Gasteiger partial charge in [-0.2, -0.15) is 5.26 Å². The van der Waals surface area contributed by atoms with Gasteiger partial charge in [0.2, 0.25) is 0 Å². The zero-order chi connectivity index (χ0) is 13.8. The van der Waals surface area contributed by atoms with E-state index in [1.807, 2.05) is 23.9 Å². The van der Waals surface area contributed by atoms with Gasteiger partial charge in [0, 0.05) is 31.9 Å². The molecular weight excluding hydrogens is 236 g/mol. The van der Waals surface area contributed by atoms with E-state index in [1.165, 1.54) is 31.5 Å². The van der Waals surface area contributed by atoms with Crippen LogP contribution in [0.5, 0.6) is 0 Å². The van der Waals surface area contributed by atoms with Gasteiger partial charge in [-0.3, -0.25) is 0 Å². The van der Waals surface area contributed by atoms with Crippen molar-refractivity contribution in [2.75, 3.05) is 13.1 Å². The van der Waals surface area contributed by atoms with E-state index >= 15 is 0 Å². The summed E-state index contributed by atoms with van der Waals surface area (Å²) in [5.41, 5.74) is 1.93. The van der Waals surface area contributed by atoms with E-state index in [1.54, 1.807) is 0 Å². The van der Waals surface area contributed by atoms with E-state index in [2.05, 4.69) is 30.1 Å². The molecule has 2 heterocycles. The van der Waals surface area contributed by atoms with Gasteiger partial charge >= 0.3 is 0 Å². The van der Waals surface area contributed by atoms with Crippen LogP contribution >= 0.6 is 0 Å². The number of hydrogen-bond donors (Lipinski definition) is 1. The Kier molecular flexibility index (Phi) is 4.62. The molecule has 1 aromatic heterocycles. The van der Waals surface area contributed by atoms with Crippen LogP contribution in [0.25, 0.3) is 0 Å². The number of nitriles is 1. The van der Waals surface area contributed by atoms with Gasteiger partial charge in [-0.1, -0.05) is 0 Å². The maximum atomic E-state index is 8.93. The standard InChI is InChI=1S/C15H24N4/c1-12(2)19-6-4-14(5-7-19)17-10-13-8-15(9-16)18(3)11-13/h8,11-12,14,17H,4-7,10H2,1-3H3. The second-order valence-electron chi connectivity index (χ2n) is 5.74. The SMILES string of the molecule is CC(C)N1CCC(NCc2cc(C#N)n(C)c2)CC1. The Hall–Kier alpha value is -1.31. The number of aryl methyl sites for hydroxylation is 1. The molecule has 0 amide bonds. The molecule has 0 spiro atoms. The zero-order valence-electron chi connectivity index (χ0n) is 12.2.